The first-order valence-electron chi connectivity index (χ1n) is 6.05. The van der Waals surface area contributed by atoms with Crippen LogP contribution >= 0.6 is 12.4 Å². The van der Waals surface area contributed by atoms with Gasteiger partial charge in [0.25, 0.3) is 0 Å². The van der Waals surface area contributed by atoms with E-state index in [2.05, 4.69) is 0 Å². The van der Waals surface area contributed by atoms with Gasteiger partial charge < -0.3 is 20.3 Å². The van der Waals surface area contributed by atoms with Gasteiger partial charge in [0.05, 0.1) is 12.5 Å². The zero-order valence-corrected chi connectivity index (χ0v) is 13.2. The molecule has 1 aromatic rings. The van der Waals surface area contributed by atoms with E-state index in [1.165, 1.54) is 26.2 Å². The van der Waals surface area contributed by atoms with Crippen LogP contribution in [-0.2, 0) is 14.3 Å². The Balaban J connectivity index is 0.00000400. The van der Waals surface area contributed by atoms with E-state index < -0.39 is 23.4 Å². The molecule has 118 valence electrons. The lowest BCUT2D eigenvalue weighted by Gasteiger charge is -2.29. The summed E-state index contributed by atoms with van der Waals surface area (Å²) in [6, 6.07) is 3.72. The number of hydrogen-bond acceptors (Lipinski definition) is 6. The van der Waals surface area contributed by atoms with E-state index in [9.17, 15) is 14.7 Å². The quantitative estimate of drug-likeness (QED) is 0.650. The number of phenolic OH excluding ortho intramolecular Hbond substituents is 1. The van der Waals surface area contributed by atoms with Crippen LogP contribution < -0.4 is 10.5 Å². The molecule has 0 saturated heterocycles. The van der Waals surface area contributed by atoms with Gasteiger partial charge in [-0.3, -0.25) is 9.59 Å². The monoisotopic (exact) mass is 317 g/mol. The summed E-state index contributed by atoms with van der Waals surface area (Å²) < 4.78 is 9.53. The van der Waals surface area contributed by atoms with E-state index in [4.69, 9.17) is 15.2 Å². The number of carbonyl (C=O) groups is 2. The Morgan fingerprint density at radius 3 is 2.33 bits per heavy atom. The van der Waals surface area contributed by atoms with Gasteiger partial charge in [-0.25, -0.2) is 0 Å². The zero-order chi connectivity index (χ0) is 15.5. The summed E-state index contributed by atoms with van der Waals surface area (Å²) in [6.07, 6.45) is 0. The highest BCUT2D eigenvalue weighted by atomic mass is 35.5. The zero-order valence-electron chi connectivity index (χ0n) is 12.4. The van der Waals surface area contributed by atoms with E-state index in [-0.39, 0.29) is 23.9 Å². The number of benzene rings is 1. The van der Waals surface area contributed by atoms with Crippen molar-refractivity contribution in [2.75, 3.05) is 7.11 Å². The summed E-state index contributed by atoms with van der Waals surface area (Å²) in [5.74, 6) is -1.15. The third kappa shape index (κ3) is 4.34. The van der Waals surface area contributed by atoms with E-state index in [0.717, 1.165) is 0 Å². The van der Waals surface area contributed by atoms with Crippen molar-refractivity contribution in [3.8, 4) is 11.5 Å². The molecule has 1 rings (SSSR count). The second-order valence-electron chi connectivity index (χ2n) is 5.01. The number of carbonyl (C=O) groups excluding carboxylic acids is 2. The first-order valence-corrected chi connectivity index (χ1v) is 6.05. The topological polar surface area (TPSA) is 98.9 Å². The molecule has 0 saturated carbocycles. The first kappa shape index (κ1) is 19.2. The fourth-order valence-corrected chi connectivity index (χ4v) is 1.78. The molecule has 7 heteroatoms. The second-order valence-corrected chi connectivity index (χ2v) is 5.01. The fraction of sp³-hybridized carbons (Fsp3) is 0.429. The van der Waals surface area contributed by atoms with Crippen molar-refractivity contribution in [1.29, 1.82) is 0 Å². The van der Waals surface area contributed by atoms with Crippen LogP contribution in [0.2, 0.25) is 0 Å². The van der Waals surface area contributed by atoms with E-state index >= 15 is 0 Å². The summed E-state index contributed by atoms with van der Waals surface area (Å²) in [4.78, 5) is 22.6. The van der Waals surface area contributed by atoms with Crippen molar-refractivity contribution in [2.45, 2.75) is 26.8 Å². The van der Waals surface area contributed by atoms with Crippen LogP contribution in [0.15, 0.2) is 18.2 Å². The number of rotatable bonds is 4. The van der Waals surface area contributed by atoms with Gasteiger partial charge in [0, 0.05) is 13.0 Å². The molecular formula is C14H20ClNO5. The summed E-state index contributed by atoms with van der Waals surface area (Å²) in [5, 5.41) is 9.80. The number of hydrogen-bond donors (Lipinski definition) is 2. The summed E-state index contributed by atoms with van der Waals surface area (Å²) in [6.45, 7) is 4.54. The molecule has 3 N–H and O–H groups in total. The number of ether oxygens (including phenoxy) is 2. The number of phenols is 1. The highest BCUT2D eigenvalue weighted by Gasteiger charge is 2.36. The standard InChI is InChI=1S/C14H19NO5.ClH/c1-8(16)20-11-6-5-9(7-10(11)17)12(15)14(2,3)13(18)19-4;/h5-7,12,17H,15H2,1-4H3;1H/t12-;/m1./s1. The van der Waals surface area contributed by atoms with Crippen LogP contribution in [0.4, 0.5) is 0 Å². The van der Waals surface area contributed by atoms with Gasteiger partial charge in [-0.05, 0) is 31.5 Å². The lowest BCUT2D eigenvalue weighted by molar-refractivity contribution is -0.152. The van der Waals surface area contributed by atoms with Gasteiger partial charge in [0.15, 0.2) is 11.5 Å². The Hall–Kier alpha value is -1.79. The van der Waals surface area contributed by atoms with Gasteiger partial charge >= 0.3 is 11.9 Å². The summed E-state index contributed by atoms with van der Waals surface area (Å²) >= 11 is 0. The smallest absolute Gasteiger partial charge is 0.313 e. The predicted molar refractivity (Wildman–Crippen MR) is 79.4 cm³/mol. The number of nitrogens with two attached hydrogens (primary N) is 1. The van der Waals surface area contributed by atoms with Crippen molar-refractivity contribution in [1.82, 2.24) is 0 Å². The summed E-state index contributed by atoms with van der Waals surface area (Å²) in [7, 11) is 1.29. The van der Waals surface area contributed by atoms with Crippen LogP contribution in [0.5, 0.6) is 11.5 Å². The van der Waals surface area contributed by atoms with E-state index in [0.29, 0.717) is 5.56 Å². The molecule has 0 amide bonds. The third-order valence-electron chi connectivity index (χ3n) is 3.08. The van der Waals surface area contributed by atoms with Gasteiger partial charge in [0.2, 0.25) is 0 Å². The minimum absolute atomic E-state index is 0. The average Bonchev–Trinajstić information content (AvgIpc) is 2.38. The van der Waals surface area contributed by atoms with Crippen molar-refractivity contribution < 1.29 is 24.2 Å². The minimum atomic E-state index is -0.954. The third-order valence-corrected chi connectivity index (χ3v) is 3.08. The molecule has 21 heavy (non-hydrogen) atoms. The molecule has 0 aliphatic carbocycles. The van der Waals surface area contributed by atoms with Crippen molar-refractivity contribution >= 4 is 24.3 Å². The molecule has 0 aliphatic rings. The maximum Gasteiger partial charge on any atom is 0.313 e. The molecule has 0 aliphatic heterocycles. The molecule has 0 spiro atoms. The van der Waals surface area contributed by atoms with E-state index in [1.807, 2.05) is 0 Å². The van der Waals surface area contributed by atoms with Crippen LogP contribution in [0.3, 0.4) is 0 Å². The maximum atomic E-state index is 11.7. The highest BCUT2D eigenvalue weighted by molar-refractivity contribution is 5.85. The molecule has 0 unspecified atom stereocenters. The highest BCUT2D eigenvalue weighted by Crippen LogP contribution is 2.36. The Morgan fingerprint density at radius 2 is 1.90 bits per heavy atom. The lowest BCUT2D eigenvalue weighted by atomic mass is 9.81. The van der Waals surface area contributed by atoms with Crippen LogP contribution in [-0.4, -0.2) is 24.2 Å². The van der Waals surface area contributed by atoms with Crippen molar-refractivity contribution in [3.05, 3.63) is 23.8 Å². The molecule has 0 heterocycles. The predicted octanol–water partition coefficient (Wildman–Crippen LogP) is 1.94. The lowest BCUT2D eigenvalue weighted by Crippen LogP contribution is -2.37. The number of halogens is 1. The largest absolute Gasteiger partial charge is 0.504 e. The first-order chi connectivity index (χ1) is 9.20. The van der Waals surface area contributed by atoms with Crippen molar-refractivity contribution in [3.63, 3.8) is 0 Å². The molecule has 0 bridgehead atoms. The Kier molecular flexibility index (Phi) is 6.66. The Morgan fingerprint density at radius 1 is 1.33 bits per heavy atom. The van der Waals surface area contributed by atoms with Crippen LogP contribution in [0, 0.1) is 5.41 Å². The van der Waals surface area contributed by atoms with E-state index in [1.54, 1.807) is 19.9 Å². The molecule has 0 radical (unpaired) electrons. The maximum absolute atomic E-state index is 11.7. The van der Waals surface area contributed by atoms with Gasteiger partial charge in [-0.1, -0.05) is 6.07 Å². The number of methoxy groups -OCH3 is 1. The minimum Gasteiger partial charge on any atom is -0.504 e. The SMILES string of the molecule is COC(=O)C(C)(C)[C@H](N)c1ccc(OC(C)=O)c(O)c1.Cl. The van der Waals surface area contributed by atoms with Crippen LogP contribution in [0.25, 0.3) is 0 Å². The Labute approximate surface area is 129 Å². The van der Waals surface area contributed by atoms with Gasteiger partial charge in [-0.15, -0.1) is 12.4 Å². The molecular weight excluding hydrogens is 298 g/mol. The molecule has 6 nitrogen and oxygen atoms in total. The fourth-order valence-electron chi connectivity index (χ4n) is 1.78. The van der Waals surface area contributed by atoms with Crippen molar-refractivity contribution in [2.24, 2.45) is 11.1 Å². The number of aromatic hydroxyl groups is 1. The molecule has 1 aromatic carbocycles. The van der Waals surface area contributed by atoms with Gasteiger partial charge in [-0.2, -0.15) is 0 Å². The Bertz CT molecular complexity index is 530. The molecule has 0 aromatic heterocycles. The number of esters is 2. The van der Waals surface area contributed by atoms with Crippen LogP contribution in [0.1, 0.15) is 32.4 Å². The molecule has 0 fully saturated rings. The molecule has 1 atom stereocenters. The average molecular weight is 318 g/mol. The summed E-state index contributed by atoms with van der Waals surface area (Å²) in [5.41, 5.74) is 5.63. The van der Waals surface area contributed by atoms with Gasteiger partial charge in [0.1, 0.15) is 0 Å². The normalized spacial score (nSPS) is 12.0. The second kappa shape index (κ2) is 7.28.